The normalized spacial score (nSPS) is 12.2. The van der Waals surface area contributed by atoms with Crippen LogP contribution in [0.1, 0.15) is 11.1 Å². The molecule has 0 spiro atoms. The molecule has 0 radical (unpaired) electrons. The van der Waals surface area contributed by atoms with E-state index < -0.39 is 0 Å². The van der Waals surface area contributed by atoms with Gasteiger partial charge in [-0.05, 0) is 47.5 Å². The first-order valence-electron chi connectivity index (χ1n) is 6.85. The van der Waals surface area contributed by atoms with Crippen LogP contribution in [0.25, 0.3) is 12.2 Å². The van der Waals surface area contributed by atoms with Gasteiger partial charge in [-0.3, -0.25) is 4.79 Å². The van der Waals surface area contributed by atoms with Crippen LogP contribution in [0, 0.1) is 0 Å². The maximum Gasteiger partial charge on any atom is 0.182 e. The number of benzene rings is 2. The minimum absolute atomic E-state index is 0.0848. The molecule has 2 aromatic rings. The van der Waals surface area contributed by atoms with Gasteiger partial charge in [-0.2, -0.15) is 0 Å². The summed E-state index contributed by atoms with van der Waals surface area (Å²) in [6.45, 7) is 0. The highest BCUT2D eigenvalue weighted by molar-refractivity contribution is 9.10. The van der Waals surface area contributed by atoms with Crippen LogP contribution in [0.5, 0.6) is 0 Å². The molecule has 0 aliphatic carbocycles. The van der Waals surface area contributed by atoms with E-state index in [2.05, 4.69) is 31.9 Å². The number of hydrogen-bond donors (Lipinski definition) is 1. The lowest BCUT2D eigenvalue weighted by Crippen LogP contribution is -1.88. The van der Waals surface area contributed by atoms with Crippen molar-refractivity contribution in [3.05, 3.63) is 92.6 Å². The molecule has 2 rings (SSSR count). The average molecular weight is 434 g/mol. The number of aliphatic hydroxyl groups excluding tert-OH is 1. The highest BCUT2D eigenvalue weighted by Gasteiger charge is 1.95. The van der Waals surface area contributed by atoms with E-state index in [1.807, 2.05) is 48.5 Å². The van der Waals surface area contributed by atoms with E-state index in [1.54, 1.807) is 12.2 Å². The summed E-state index contributed by atoms with van der Waals surface area (Å²) < 4.78 is 1.97. The predicted octanol–water partition coefficient (Wildman–Crippen LogP) is 5.95. The highest BCUT2D eigenvalue weighted by Crippen LogP contribution is 2.13. The van der Waals surface area contributed by atoms with Gasteiger partial charge >= 0.3 is 0 Å². The zero-order valence-electron chi connectivity index (χ0n) is 12.1. The first-order chi connectivity index (χ1) is 11.0. The van der Waals surface area contributed by atoms with Crippen molar-refractivity contribution in [3.8, 4) is 0 Å². The van der Waals surface area contributed by atoms with Crippen LogP contribution in [-0.4, -0.2) is 10.9 Å². The Morgan fingerprint density at radius 1 is 0.783 bits per heavy atom. The molecule has 23 heavy (non-hydrogen) atoms. The number of rotatable bonds is 5. The zero-order valence-corrected chi connectivity index (χ0v) is 15.3. The summed E-state index contributed by atoms with van der Waals surface area (Å²) in [7, 11) is 0. The summed E-state index contributed by atoms with van der Waals surface area (Å²) in [6.07, 6.45) is 7.55. The van der Waals surface area contributed by atoms with E-state index >= 15 is 0 Å². The lowest BCUT2D eigenvalue weighted by Gasteiger charge is -1.95. The number of halogens is 2. The molecule has 0 saturated heterocycles. The Morgan fingerprint density at radius 2 is 1.22 bits per heavy atom. The third-order valence-corrected chi connectivity index (χ3v) is 3.97. The van der Waals surface area contributed by atoms with Crippen molar-refractivity contribution in [1.82, 2.24) is 0 Å². The second-order valence-corrected chi connectivity index (χ2v) is 6.57. The molecule has 0 aliphatic heterocycles. The monoisotopic (exact) mass is 432 g/mol. The van der Waals surface area contributed by atoms with Crippen molar-refractivity contribution in [2.45, 2.75) is 0 Å². The molecule has 4 heteroatoms. The average Bonchev–Trinajstić information content (AvgIpc) is 2.54. The van der Waals surface area contributed by atoms with Gasteiger partial charge in [0.1, 0.15) is 5.76 Å². The first-order valence-corrected chi connectivity index (χ1v) is 8.43. The second-order valence-electron chi connectivity index (χ2n) is 4.74. The lowest BCUT2D eigenvalue weighted by atomic mass is 10.2. The van der Waals surface area contributed by atoms with Crippen LogP contribution >= 0.6 is 31.9 Å². The van der Waals surface area contributed by atoms with Crippen molar-refractivity contribution in [2.24, 2.45) is 0 Å². The van der Waals surface area contributed by atoms with E-state index in [9.17, 15) is 9.90 Å². The number of allylic oxidation sites excluding steroid dienone is 3. The standard InChI is InChI=1S/C19H14Br2O2/c20-16-7-1-14(2-8-16)5-11-18(22)13-19(23)12-6-15-3-9-17(21)10-4-15/h1-13,22H/b11-5+,12-6+,18-13-. The molecule has 0 heterocycles. The van der Waals surface area contributed by atoms with Gasteiger partial charge in [0.15, 0.2) is 5.78 Å². The van der Waals surface area contributed by atoms with Crippen molar-refractivity contribution >= 4 is 49.8 Å². The van der Waals surface area contributed by atoms with Crippen LogP contribution in [0.2, 0.25) is 0 Å². The number of hydrogen-bond acceptors (Lipinski definition) is 2. The molecule has 0 fully saturated rings. The molecule has 2 nitrogen and oxygen atoms in total. The zero-order chi connectivity index (χ0) is 16.7. The number of carbonyl (C=O) groups is 1. The number of ketones is 1. The molecule has 116 valence electrons. The summed E-state index contributed by atoms with van der Waals surface area (Å²) in [6, 6.07) is 15.2. The molecule has 0 aliphatic rings. The van der Waals surface area contributed by atoms with Gasteiger partial charge in [-0.15, -0.1) is 0 Å². The molecule has 0 bridgehead atoms. The highest BCUT2D eigenvalue weighted by atomic mass is 79.9. The third-order valence-electron chi connectivity index (χ3n) is 2.92. The van der Waals surface area contributed by atoms with Crippen LogP contribution < -0.4 is 0 Å². The number of carbonyl (C=O) groups excluding carboxylic acids is 1. The fourth-order valence-corrected chi connectivity index (χ4v) is 2.28. The Labute approximate surface area is 152 Å². The van der Waals surface area contributed by atoms with E-state index in [0.29, 0.717) is 0 Å². The Bertz CT molecular complexity index is 755. The maximum atomic E-state index is 11.8. The minimum atomic E-state index is -0.272. The quantitative estimate of drug-likeness (QED) is 0.359. The number of aliphatic hydroxyl groups is 1. The summed E-state index contributed by atoms with van der Waals surface area (Å²) in [5.74, 6) is -0.357. The Hall–Kier alpha value is -1.91. The lowest BCUT2D eigenvalue weighted by molar-refractivity contribution is -0.110. The van der Waals surface area contributed by atoms with Crippen molar-refractivity contribution in [3.63, 3.8) is 0 Å². The molecule has 2 aromatic carbocycles. The van der Waals surface area contributed by atoms with Crippen molar-refractivity contribution < 1.29 is 9.90 Å². The van der Waals surface area contributed by atoms with Gasteiger partial charge in [-0.1, -0.05) is 68.3 Å². The van der Waals surface area contributed by atoms with Gasteiger partial charge in [0.25, 0.3) is 0 Å². The van der Waals surface area contributed by atoms with Crippen molar-refractivity contribution in [1.29, 1.82) is 0 Å². The van der Waals surface area contributed by atoms with E-state index in [0.717, 1.165) is 20.1 Å². The summed E-state index contributed by atoms with van der Waals surface area (Å²) in [5.41, 5.74) is 1.85. The summed E-state index contributed by atoms with van der Waals surface area (Å²) in [4.78, 5) is 11.8. The Morgan fingerprint density at radius 3 is 1.70 bits per heavy atom. The van der Waals surface area contributed by atoms with Crippen LogP contribution in [0.3, 0.4) is 0 Å². The van der Waals surface area contributed by atoms with Gasteiger partial charge in [0.2, 0.25) is 0 Å². The molecule has 1 N–H and O–H groups in total. The Kier molecular flexibility index (Phi) is 6.56. The van der Waals surface area contributed by atoms with E-state index in [4.69, 9.17) is 0 Å². The molecule has 0 saturated carbocycles. The largest absolute Gasteiger partial charge is 0.508 e. The Balaban J connectivity index is 1.98. The summed E-state index contributed by atoms with van der Waals surface area (Å²) in [5, 5.41) is 9.77. The fourth-order valence-electron chi connectivity index (χ4n) is 1.75. The smallest absolute Gasteiger partial charge is 0.182 e. The van der Waals surface area contributed by atoms with Crippen molar-refractivity contribution in [2.75, 3.05) is 0 Å². The SMILES string of the molecule is O=C(/C=C(O)/C=C/c1ccc(Br)cc1)/C=C/c1ccc(Br)cc1. The van der Waals surface area contributed by atoms with Gasteiger partial charge in [0.05, 0.1) is 0 Å². The molecular formula is C19H14Br2O2. The fraction of sp³-hybridized carbons (Fsp3) is 0. The molecule has 0 unspecified atom stereocenters. The molecule has 0 atom stereocenters. The molecule has 0 amide bonds. The van der Waals surface area contributed by atoms with E-state index in [1.165, 1.54) is 18.2 Å². The van der Waals surface area contributed by atoms with Gasteiger partial charge in [-0.25, -0.2) is 0 Å². The van der Waals surface area contributed by atoms with Gasteiger partial charge in [0, 0.05) is 15.0 Å². The summed E-state index contributed by atoms with van der Waals surface area (Å²) >= 11 is 6.71. The van der Waals surface area contributed by atoms with Crippen LogP contribution in [0.4, 0.5) is 0 Å². The van der Waals surface area contributed by atoms with Crippen LogP contribution in [-0.2, 0) is 4.79 Å². The minimum Gasteiger partial charge on any atom is -0.508 e. The third kappa shape index (κ3) is 6.38. The van der Waals surface area contributed by atoms with Gasteiger partial charge < -0.3 is 5.11 Å². The maximum absolute atomic E-state index is 11.8. The van der Waals surface area contributed by atoms with Crippen LogP contribution in [0.15, 0.2) is 81.5 Å². The molecule has 0 aromatic heterocycles. The first kappa shape index (κ1) is 17.4. The molecular weight excluding hydrogens is 420 g/mol. The topological polar surface area (TPSA) is 37.3 Å². The van der Waals surface area contributed by atoms with E-state index in [-0.39, 0.29) is 11.5 Å². The predicted molar refractivity (Wildman–Crippen MR) is 102 cm³/mol. The second kappa shape index (κ2) is 8.65.